The van der Waals surface area contributed by atoms with Gasteiger partial charge in [0.2, 0.25) is 5.91 Å². The van der Waals surface area contributed by atoms with Crippen LogP contribution in [0.4, 0.5) is 11.4 Å². The summed E-state index contributed by atoms with van der Waals surface area (Å²) < 4.78 is 5.70. The van der Waals surface area contributed by atoms with Gasteiger partial charge >= 0.3 is 0 Å². The molecule has 0 fully saturated rings. The van der Waals surface area contributed by atoms with E-state index < -0.39 is 17.1 Å². The normalized spacial score (nSPS) is 11.8. The Labute approximate surface area is 264 Å². The van der Waals surface area contributed by atoms with Crippen LogP contribution in [-0.4, -0.2) is 29.6 Å². The molecule has 3 N–H and O–H groups in total. The molecule has 10 heteroatoms. The number of para-hydroxylation sites is 1. The number of ether oxygens (including phenoxy) is 1. The molecule has 0 radical (unpaired) electrons. The summed E-state index contributed by atoms with van der Waals surface area (Å²) in [5.74, 6) is -0.566. The van der Waals surface area contributed by atoms with E-state index in [1.54, 1.807) is 91.9 Å². The summed E-state index contributed by atoms with van der Waals surface area (Å²) in [4.78, 5) is 39.9. The second-order valence-electron chi connectivity index (χ2n) is 9.20. The summed E-state index contributed by atoms with van der Waals surface area (Å²) in [5.41, 5.74) is 2.09. The number of anilines is 2. The minimum Gasteiger partial charge on any atom is -0.493 e. The van der Waals surface area contributed by atoms with Gasteiger partial charge in [0.15, 0.2) is 0 Å². The van der Waals surface area contributed by atoms with E-state index in [1.807, 2.05) is 25.1 Å². The van der Waals surface area contributed by atoms with E-state index in [-0.39, 0.29) is 11.6 Å². The van der Waals surface area contributed by atoms with Gasteiger partial charge in [-0.3, -0.25) is 14.4 Å². The van der Waals surface area contributed by atoms with Crippen LogP contribution in [0.25, 0.3) is 6.08 Å². The third-order valence-electron chi connectivity index (χ3n) is 6.03. The monoisotopic (exact) mass is 633 g/mol. The molecule has 43 heavy (non-hydrogen) atoms. The highest BCUT2D eigenvalue weighted by Crippen LogP contribution is 2.29. The van der Waals surface area contributed by atoms with E-state index in [0.717, 1.165) is 4.90 Å². The molecule has 0 aliphatic carbocycles. The van der Waals surface area contributed by atoms with Crippen LogP contribution in [0, 0.1) is 0 Å². The van der Waals surface area contributed by atoms with Crippen LogP contribution in [0.5, 0.6) is 5.75 Å². The molecule has 0 heterocycles. The Kier molecular flexibility index (Phi) is 11.3. The topological polar surface area (TPSA) is 96.5 Å². The summed E-state index contributed by atoms with van der Waals surface area (Å²) in [7, 11) is 0. The molecule has 1 unspecified atom stereocenters. The first kappa shape index (κ1) is 31.7. The van der Waals surface area contributed by atoms with Gasteiger partial charge in [-0.05, 0) is 80.6 Å². The Hall–Kier alpha value is -4.24. The van der Waals surface area contributed by atoms with Gasteiger partial charge in [-0.25, -0.2) is 0 Å². The minimum absolute atomic E-state index is 0.0469. The Morgan fingerprint density at radius 1 is 0.884 bits per heavy atom. The lowest BCUT2D eigenvalue weighted by molar-refractivity contribution is -0.115. The Bertz CT molecular complexity index is 1630. The van der Waals surface area contributed by atoms with Crippen LogP contribution in [-0.2, 0) is 9.59 Å². The second-order valence-corrected chi connectivity index (χ2v) is 11.5. The van der Waals surface area contributed by atoms with Gasteiger partial charge in [0.25, 0.3) is 11.8 Å². The van der Waals surface area contributed by atoms with Gasteiger partial charge in [-0.1, -0.05) is 59.6 Å². The van der Waals surface area contributed by atoms with Crippen molar-refractivity contribution in [1.29, 1.82) is 0 Å². The van der Waals surface area contributed by atoms with Crippen molar-refractivity contribution in [3.05, 3.63) is 124 Å². The van der Waals surface area contributed by atoms with Crippen molar-refractivity contribution in [1.82, 2.24) is 5.32 Å². The van der Waals surface area contributed by atoms with Crippen LogP contribution in [0.3, 0.4) is 0 Å². The Balaban J connectivity index is 1.46. The zero-order valence-corrected chi connectivity index (χ0v) is 25.7. The summed E-state index contributed by atoms with van der Waals surface area (Å²) in [5, 5.41) is 8.79. The van der Waals surface area contributed by atoms with Gasteiger partial charge in [0.1, 0.15) is 11.4 Å². The lowest BCUT2D eigenvalue weighted by Gasteiger charge is -2.14. The van der Waals surface area contributed by atoms with Crippen molar-refractivity contribution in [2.24, 2.45) is 0 Å². The molecule has 7 nitrogen and oxygen atoms in total. The molecular formula is C33H29Cl2N3O4S. The first-order chi connectivity index (χ1) is 20.7. The van der Waals surface area contributed by atoms with Gasteiger partial charge in [0.05, 0.1) is 22.6 Å². The number of rotatable bonds is 11. The fraction of sp³-hybridized carbons (Fsp3) is 0.121. The molecule has 4 aromatic rings. The van der Waals surface area contributed by atoms with Crippen molar-refractivity contribution in [2.45, 2.75) is 24.0 Å². The van der Waals surface area contributed by atoms with Crippen LogP contribution in [0.2, 0.25) is 10.0 Å². The van der Waals surface area contributed by atoms with Gasteiger partial charge in [-0.15, -0.1) is 11.8 Å². The van der Waals surface area contributed by atoms with Crippen LogP contribution < -0.4 is 20.7 Å². The van der Waals surface area contributed by atoms with E-state index in [0.29, 0.717) is 44.9 Å². The standard InChI is InChI=1S/C33H29Cl2N3O4S/c1-3-42-30-12-8-7-11-23(30)19-29(38-32(40)22-9-5-4-6-10-22)33(41)36-25-14-16-26(17-15-25)43-21(2)31(39)37-28-18-13-24(34)20-27(28)35/h4-21H,3H2,1-2H3,(H,36,41)(H,37,39)(H,38,40)/b29-19-. The molecule has 0 aromatic heterocycles. The number of carbonyl (C=O) groups excluding carboxylic acids is 3. The van der Waals surface area contributed by atoms with Gasteiger partial charge < -0.3 is 20.7 Å². The van der Waals surface area contributed by atoms with E-state index in [1.165, 1.54) is 11.8 Å². The summed E-state index contributed by atoms with van der Waals surface area (Å²) in [6, 6.07) is 27.8. The van der Waals surface area contributed by atoms with Crippen LogP contribution in [0.1, 0.15) is 29.8 Å². The molecular weight excluding hydrogens is 605 g/mol. The van der Waals surface area contributed by atoms with Crippen molar-refractivity contribution >= 4 is 70.1 Å². The van der Waals surface area contributed by atoms with Crippen molar-refractivity contribution in [3.8, 4) is 5.75 Å². The minimum atomic E-state index is -0.511. The van der Waals surface area contributed by atoms with E-state index in [4.69, 9.17) is 27.9 Å². The maximum Gasteiger partial charge on any atom is 0.272 e. The number of amides is 3. The van der Waals surface area contributed by atoms with Crippen molar-refractivity contribution < 1.29 is 19.1 Å². The van der Waals surface area contributed by atoms with E-state index in [2.05, 4.69) is 16.0 Å². The lowest BCUT2D eigenvalue weighted by atomic mass is 10.1. The molecule has 0 bridgehead atoms. The summed E-state index contributed by atoms with van der Waals surface area (Å²) in [6.45, 7) is 4.10. The smallest absolute Gasteiger partial charge is 0.272 e. The summed E-state index contributed by atoms with van der Waals surface area (Å²) >= 11 is 13.5. The third kappa shape index (κ3) is 9.12. The first-order valence-corrected chi connectivity index (χ1v) is 15.0. The number of carbonyl (C=O) groups is 3. The second kappa shape index (κ2) is 15.3. The average molecular weight is 635 g/mol. The molecule has 0 saturated carbocycles. The highest BCUT2D eigenvalue weighted by atomic mass is 35.5. The van der Waals surface area contributed by atoms with Crippen molar-refractivity contribution in [3.63, 3.8) is 0 Å². The Morgan fingerprint density at radius 2 is 1.58 bits per heavy atom. The number of hydrogen-bond acceptors (Lipinski definition) is 5. The molecule has 0 saturated heterocycles. The molecule has 4 aromatic carbocycles. The van der Waals surface area contributed by atoms with E-state index >= 15 is 0 Å². The zero-order chi connectivity index (χ0) is 30.8. The zero-order valence-electron chi connectivity index (χ0n) is 23.4. The SMILES string of the molecule is CCOc1ccccc1/C=C(\NC(=O)c1ccccc1)C(=O)Nc1ccc(SC(C)C(=O)Nc2ccc(Cl)cc2Cl)cc1. The largest absolute Gasteiger partial charge is 0.493 e. The summed E-state index contributed by atoms with van der Waals surface area (Å²) in [6.07, 6.45) is 1.58. The average Bonchev–Trinajstić information content (AvgIpc) is 3.00. The maximum absolute atomic E-state index is 13.4. The number of nitrogens with one attached hydrogen (secondary N) is 3. The first-order valence-electron chi connectivity index (χ1n) is 13.4. The van der Waals surface area contributed by atoms with Gasteiger partial charge in [-0.2, -0.15) is 0 Å². The number of hydrogen-bond donors (Lipinski definition) is 3. The highest BCUT2D eigenvalue weighted by Gasteiger charge is 2.18. The molecule has 1 atom stereocenters. The van der Waals surface area contributed by atoms with Crippen LogP contribution in [0.15, 0.2) is 108 Å². The van der Waals surface area contributed by atoms with Crippen molar-refractivity contribution in [2.75, 3.05) is 17.2 Å². The fourth-order valence-corrected chi connectivity index (χ4v) is 5.21. The van der Waals surface area contributed by atoms with E-state index in [9.17, 15) is 14.4 Å². The predicted molar refractivity (Wildman–Crippen MR) is 175 cm³/mol. The quantitative estimate of drug-likeness (QED) is 0.115. The maximum atomic E-state index is 13.4. The highest BCUT2D eigenvalue weighted by molar-refractivity contribution is 8.00. The molecule has 0 spiro atoms. The molecule has 4 rings (SSSR count). The number of benzene rings is 4. The Morgan fingerprint density at radius 3 is 2.28 bits per heavy atom. The molecule has 0 aliphatic heterocycles. The third-order valence-corrected chi connectivity index (χ3v) is 7.69. The number of halogens is 2. The molecule has 220 valence electrons. The lowest BCUT2D eigenvalue weighted by Crippen LogP contribution is -2.30. The van der Waals surface area contributed by atoms with Gasteiger partial charge in [0, 0.05) is 26.7 Å². The fourth-order valence-electron chi connectivity index (χ4n) is 3.88. The van der Waals surface area contributed by atoms with Crippen LogP contribution >= 0.6 is 35.0 Å². The number of thioether (sulfide) groups is 1. The molecule has 0 aliphatic rings. The molecule has 3 amide bonds. The predicted octanol–water partition coefficient (Wildman–Crippen LogP) is 7.92.